The first-order valence-electron chi connectivity index (χ1n) is 12.1. The number of amides is 2. The topological polar surface area (TPSA) is 69.6 Å². The van der Waals surface area contributed by atoms with Gasteiger partial charge in [-0.25, -0.2) is 0 Å². The number of rotatable bonds is 8. The number of aryl methyl sites for hydroxylation is 1. The van der Waals surface area contributed by atoms with Crippen LogP contribution in [-0.4, -0.2) is 32.6 Å². The van der Waals surface area contributed by atoms with Gasteiger partial charge in [-0.2, -0.15) is 0 Å². The number of thioether (sulfide) groups is 1. The number of nitrogens with one attached hydrogen (secondary N) is 1. The van der Waals surface area contributed by atoms with Crippen LogP contribution in [-0.2, 0) is 22.7 Å². The van der Waals surface area contributed by atoms with Crippen molar-refractivity contribution in [2.75, 3.05) is 0 Å². The zero-order valence-electron chi connectivity index (χ0n) is 19.8. The van der Waals surface area contributed by atoms with Gasteiger partial charge in [0.05, 0.1) is 19.1 Å². The molecule has 2 fully saturated rings. The molecule has 0 spiro atoms. The number of aliphatic hydroxyl groups is 1. The molecular weight excluding hydrogens is 456 g/mol. The SMILES string of the molecule is Cc1ccc(S[C@]2(C(=O)NC3CC3)CC(=O)N(Cc3ccccc3)[C@@H]2c2ccc(CO)cc2)cc1. The molecule has 0 radical (unpaired) electrons. The Morgan fingerprint density at radius 1 is 1.00 bits per heavy atom. The summed E-state index contributed by atoms with van der Waals surface area (Å²) in [5, 5.41) is 12.8. The molecule has 2 amide bonds. The molecule has 3 aromatic carbocycles. The molecule has 1 heterocycles. The third kappa shape index (κ3) is 5.00. The fourth-order valence-corrected chi connectivity index (χ4v) is 6.14. The molecule has 35 heavy (non-hydrogen) atoms. The van der Waals surface area contributed by atoms with E-state index in [1.807, 2.05) is 90.7 Å². The normalized spacial score (nSPS) is 21.8. The Morgan fingerprint density at radius 2 is 1.69 bits per heavy atom. The molecule has 0 aromatic heterocycles. The summed E-state index contributed by atoms with van der Waals surface area (Å²) < 4.78 is -1.01. The van der Waals surface area contributed by atoms with Crippen LogP contribution in [0.5, 0.6) is 0 Å². The Morgan fingerprint density at radius 3 is 2.31 bits per heavy atom. The van der Waals surface area contributed by atoms with Gasteiger partial charge in [-0.3, -0.25) is 9.59 Å². The average molecular weight is 487 g/mol. The molecular formula is C29H30N2O3S. The largest absolute Gasteiger partial charge is 0.392 e. The quantitative estimate of drug-likeness (QED) is 0.481. The van der Waals surface area contributed by atoms with Gasteiger partial charge in [0.1, 0.15) is 4.75 Å². The van der Waals surface area contributed by atoms with Crippen LogP contribution in [0.2, 0.25) is 0 Å². The highest BCUT2D eigenvalue weighted by Crippen LogP contribution is 2.53. The van der Waals surface area contributed by atoms with E-state index in [2.05, 4.69) is 5.32 Å². The minimum Gasteiger partial charge on any atom is -0.392 e. The van der Waals surface area contributed by atoms with E-state index in [4.69, 9.17) is 0 Å². The monoisotopic (exact) mass is 486 g/mol. The van der Waals surface area contributed by atoms with Crippen LogP contribution in [0.15, 0.2) is 83.8 Å². The molecule has 1 aliphatic carbocycles. The first-order chi connectivity index (χ1) is 17.0. The molecule has 2 N–H and O–H groups in total. The third-order valence-corrected chi connectivity index (χ3v) is 8.20. The smallest absolute Gasteiger partial charge is 0.239 e. The number of aliphatic hydroxyl groups excluding tert-OH is 1. The molecule has 0 bridgehead atoms. The van der Waals surface area contributed by atoms with Gasteiger partial charge in [0.2, 0.25) is 11.8 Å². The lowest BCUT2D eigenvalue weighted by molar-refractivity contribution is -0.129. The lowest BCUT2D eigenvalue weighted by Gasteiger charge is -2.37. The molecule has 5 rings (SSSR count). The Balaban J connectivity index is 1.61. The number of hydrogen-bond donors (Lipinski definition) is 2. The van der Waals surface area contributed by atoms with Crippen LogP contribution in [0.4, 0.5) is 0 Å². The third-order valence-electron chi connectivity index (χ3n) is 6.78. The van der Waals surface area contributed by atoms with Crippen LogP contribution in [0.3, 0.4) is 0 Å². The van der Waals surface area contributed by atoms with E-state index in [9.17, 15) is 14.7 Å². The van der Waals surface area contributed by atoms with E-state index >= 15 is 0 Å². The number of carbonyl (C=O) groups excluding carboxylic acids is 2. The lowest BCUT2D eigenvalue weighted by Crippen LogP contribution is -2.48. The number of hydrogen-bond acceptors (Lipinski definition) is 4. The minimum absolute atomic E-state index is 0.0318. The second-order valence-electron chi connectivity index (χ2n) is 9.54. The van der Waals surface area contributed by atoms with Gasteiger partial charge in [0, 0.05) is 17.5 Å². The van der Waals surface area contributed by atoms with E-state index in [0.29, 0.717) is 6.54 Å². The summed E-state index contributed by atoms with van der Waals surface area (Å²) in [5.41, 5.74) is 3.87. The fraction of sp³-hybridized carbons (Fsp3) is 0.310. The molecule has 1 aliphatic heterocycles. The number of carbonyl (C=O) groups is 2. The van der Waals surface area contributed by atoms with Crippen molar-refractivity contribution in [1.82, 2.24) is 10.2 Å². The van der Waals surface area contributed by atoms with E-state index in [-0.39, 0.29) is 30.9 Å². The maximum absolute atomic E-state index is 14.0. The van der Waals surface area contributed by atoms with Crippen LogP contribution in [0, 0.1) is 6.92 Å². The van der Waals surface area contributed by atoms with E-state index < -0.39 is 10.8 Å². The van der Waals surface area contributed by atoms with E-state index in [1.54, 1.807) is 0 Å². The Kier molecular flexibility index (Phi) is 6.67. The van der Waals surface area contributed by atoms with Gasteiger partial charge in [0.15, 0.2) is 0 Å². The average Bonchev–Trinajstić information content (AvgIpc) is 3.65. The molecule has 3 aromatic rings. The summed E-state index contributed by atoms with van der Waals surface area (Å²) in [7, 11) is 0. The second-order valence-corrected chi connectivity index (χ2v) is 10.9. The molecule has 180 valence electrons. The molecule has 2 aliphatic rings. The predicted molar refractivity (Wildman–Crippen MR) is 138 cm³/mol. The van der Waals surface area contributed by atoms with Crippen molar-refractivity contribution in [2.45, 2.75) is 61.1 Å². The molecule has 1 saturated carbocycles. The van der Waals surface area contributed by atoms with Crippen molar-refractivity contribution in [3.63, 3.8) is 0 Å². The first kappa shape index (κ1) is 23.6. The molecule has 0 unspecified atom stereocenters. The highest BCUT2D eigenvalue weighted by Gasteiger charge is 2.58. The minimum atomic E-state index is -1.01. The van der Waals surface area contributed by atoms with Crippen molar-refractivity contribution in [3.8, 4) is 0 Å². The van der Waals surface area contributed by atoms with Crippen molar-refractivity contribution in [1.29, 1.82) is 0 Å². The first-order valence-corrected chi connectivity index (χ1v) is 12.9. The van der Waals surface area contributed by atoms with Gasteiger partial charge >= 0.3 is 0 Å². The number of benzene rings is 3. The van der Waals surface area contributed by atoms with E-state index in [0.717, 1.165) is 40.0 Å². The lowest BCUT2D eigenvalue weighted by atomic mass is 9.90. The number of likely N-dealkylation sites (tertiary alicyclic amines) is 1. The highest BCUT2D eigenvalue weighted by atomic mass is 32.2. The summed E-state index contributed by atoms with van der Waals surface area (Å²) in [6.07, 6.45) is 2.09. The molecule has 5 nitrogen and oxygen atoms in total. The summed E-state index contributed by atoms with van der Waals surface area (Å²) >= 11 is 1.49. The molecule has 6 heteroatoms. The zero-order valence-corrected chi connectivity index (χ0v) is 20.6. The summed E-state index contributed by atoms with van der Waals surface area (Å²) in [6.45, 7) is 2.41. The maximum atomic E-state index is 14.0. The van der Waals surface area contributed by atoms with Crippen molar-refractivity contribution in [2.24, 2.45) is 0 Å². The van der Waals surface area contributed by atoms with Crippen LogP contribution >= 0.6 is 11.8 Å². The molecule has 2 atom stereocenters. The summed E-state index contributed by atoms with van der Waals surface area (Å²) in [5.74, 6) is -0.110. The van der Waals surface area contributed by atoms with Gasteiger partial charge < -0.3 is 15.3 Å². The summed E-state index contributed by atoms with van der Waals surface area (Å²) in [4.78, 5) is 30.5. The Bertz CT molecular complexity index is 1190. The van der Waals surface area contributed by atoms with Crippen molar-refractivity contribution < 1.29 is 14.7 Å². The zero-order chi connectivity index (χ0) is 24.4. The molecule has 1 saturated heterocycles. The van der Waals surface area contributed by atoms with E-state index in [1.165, 1.54) is 11.8 Å². The number of nitrogens with zero attached hydrogens (tertiary/aromatic N) is 1. The Labute approximate surface area is 210 Å². The fourth-order valence-electron chi connectivity index (χ4n) is 4.73. The van der Waals surface area contributed by atoms with Crippen LogP contribution < -0.4 is 5.32 Å². The van der Waals surface area contributed by atoms with Gasteiger partial charge in [0.25, 0.3) is 0 Å². The van der Waals surface area contributed by atoms with Crippen LogP contribution in [0.1, 0.15) is 47.6 Å². The standard InChI is InChI=1S/C29H30N2O3S/c1-20-7-15-25(16-8-20)35-29(28(34)30-24-13-14-24)17-26(33)31(18-21-5-3-2-4-6-21)27(29)23-11-9-22(19-32)10-12-23/h2-12,15-16,24,27,32H,13-14,17-19H2,1H3,(H,30,34)/t27-,29-/m1/s1. The Hall–Kier alpha value is -3.09. The van der Waals surface area contributed by atoms with Gasteiger partial charge in [-0.05, 0) is 48.6 Å². The second kappa shape index (κ2) is 9.88. The van der Waals surface area contributed by atoms with Crippen molar-refractivity contribution in [3.05, 3.63) is 101 Å². The van der Waals surface area contributed by atoms with Crippen LogP contribution in [0.25, 0.3) is 0 Å². The van der Waals surface area contributed by atoms with Gasteiger partial charge in [-0.1, -0.05) is 72.3 Å². The highest BCUT2D eigenvalue weighted by molar-refractivity contribution is 8.01. The maximum Gasteiger partial charge on any atom is 0.239 e. The predicted octanol–water partition coefficient (Wildman–Crippen LogP) is 4.77. The summed E-state index contributed by atoms with van der Waals surface area (Å²) in [6, 6.07) is 25.4. The van der Waals surface area contributed by atoms with Crippen molar-refractivity contribution >= 4 is 23.6 Å². The van der Waals surface area contributed by atoms with Gasteiger partial charge in [-0.15, -0.1) is 11.8 Å².